The lowest BCUT2D eigenvalue weighted by atomic mass is 10.1. The van der Waals surface area contributed by atoms with Gasteiger partial charge in [-0.2, -0.15) is 0 Å². The van der Waals surface area contributed by atoms with Crippen LogP contribution in [0.2, 0.25) is 5.02 Å². The normalized spacial score (nSPS) is 10.7. The van der Waals surface area contributed by atoms with Crippen LogP contribution in [0, 0.1) is 0 Å². The van der Waals surface area contributed by atoms with Crippen LogP contribution in [0.4, 0.5) is 0 Å². The van der Waals surface area contributed by atoms with Gasteiger partial charge >= 0.3 is 0 Å². The molecule has 0 saturated carbocycles. The molecule has 1 heterocycles. The average Bonchev–Trinajstić information content (AvgIpc) is 2.81. The number of hydrogen-bond acceptors (Lipinski definition) is 4. The lowest BCUT2D eigenvalue weighted by molar-refractivity contribution is 0.287. The summed E-state index contributed by atoms with van der Waals surface area (Å²) in [5, 5.41) is 4.68. The van der Waals surface area contributed by atoms with Crippen LogP contribution < -0.4 is 10.5 Å². The molecule has 0 atom stereocenters. The second-order valence-corrected chi connectivity index (χ2v) is 4.63. The zero-order valence-electron chi connectivity index (χ0n) is 10.9. The van der Waals surface area contributed by atoms with Gasteiger partial charge in [-0.1, -0.05) is 24.9 Å². The van der Waals surface area contributed by atoms with E-state index < -0.39 is 0 Å². The van der Waals surface area contributed by atoms with Crippen LogP contribution in [0.5, 0.6) is 5.88 Å². The highest BCUT2D eigenvalue weighted by Crippen LogP contribution is 2.32. The summed E-state index contributed by atoms with van der Waals surface area (Å²) in [5.41, 5.74) is 7.37. The third-order valence-electron chi connectivity index (χ3n) is 2.72. The molecule has 5 heteroatoms. The van der Waals surface area contributed by atoms with Crippen molar-refractivity contribution < 1.29 is 9.26 Å². The topological polar surface area (TPSA) is 61.3 Å². The van der Waals surface area contributed by atoms with Gasteiger partial charge < -0.3 is 15.0 Å². The Labute approximate surface area is 117 Å². The molecule has 0 spiro atoms. The lowest BCUT2D eigenvalue weighted by Crippen LogP contribution is -2.11. The Balaban J connectivity index is 2.33. The SMILES string of the molecule is CCCc1c(OCCN)noc1-c1ccc(Cl)cc1. The van der Waals surface area contributed by atoms with Crippen molar-refractivity contribution in [2.45, 2.75) is 19.8 Å². The van der Waals surface area contributed by atoms with E-state index in [1.807, 2.05) is 24.3 Å². The van der Waals surface area contributed by atoms with Gasteiger partial charge in [-0.05, 0) is 35.8 Å². The van der Waals surface area contributed by atoms with Crippen LogP contribution in [-0.4, -0.2) is 18.3 Å². The number of halogens is 1. The van der Waals surface area contributed by atoms with Gasteiger partial charge in [0.25, 0.3) is 5.88 Å². The van der Waals surface area contributed by atoms with Gasteiger partial charge in [0, 0.05) is 17.1 Å². The molecule has 0 aliphatic carbocycles. The van der Waals surface area contributed by atoms with Crippen LogP contribution in [0.15, 0.2) is 28.8 Å². The summed E-state index contributed by atoms with van der Waals surface area (Å²) in [4.78, 5) is 0. The van der Waals surface area contributed by atoms with Gasteiger partial charge in [0.2, 0.25) is 0 Å². The first-order valence-corrected chi connectivity index (χ1v) is 6.71. The first kappa shape index (κ1) is 13.9. The Morgan fingerprint density at radius 3 is 2.68 bits per heavy atom. The first-order chi connectivity index (χ1) is 9.26. The van der Waals surface area contributed by atoms with Crippen LogP contribution in [0.1, 0.15) is 18.9 Å². The number of benzene rings is 1. The molecule has 102 valence electrons. The molecule has 4 nitrogen and oxygen atoms in total. The fourth-order valence-electron chi connectivity index (χ4n) is 1.86. The minimum atomic E-state index is 0.434. The highest BCUT2D eigenvalue weighted by Gasteiger charge is 2.18. The smallest absolute Gasteiger partial charge is 0.258 e. The van der Waals surface area contributed by atoms with Crippen molar-refractivity contribution in [3.63, 3.8) is 0 Å². The minimum absolute atomic E-state index is 0.434. The van der Waals surface area contributed by atoms with E-state index in [1.54, 1.807) is 0 Å². The van der Waals surface area contributed by atoms with Gasteiger partial charge in [0.1, 0.15) is 6.61 Å². The quantitative estimate of drug-likeness (QED) is 0.882. The largest absolute Gasteiger partial charge is 0.474 e. The summed E-state index contributed by atoms with van der Waals surface area (Å²) in [6.07, 6.45) is 1.84. The molecule has 1 aromatic carbocycles. The minimum Gasteiger partial charge on any atom is -0.474 e. The summed E-state index contributed by atoms with van der Waals surface area (Å²) in [6, 6.07) is 7.48. The fourth-order valence-corrected chi connectivity index (χ4v) is 1.99. The van der Waals surface area contributed by atoms with Gasteiger partial charge in [-0.15, -0.1) is 0 Å². The molecule has 0 radical (unpaired) electrons. The summed E-state index contributed by atoms with van der Waals surface area (Å²) in [7, 11) is 0. The molecule has 19 heavy (non-hydrogen) atoms. The molecule has 2 rings (SSSR count). The van der Waals surface area contributed by atoms with Gasteiger partial charge in [-0.3, -0.25) is 0 Å². The van der Waals surface area contributed by atoms with E-state index in [-0.39, 0.29) is 0 Å². The highest BCUT2D eigenvalue weighted by molar-refractivity contribution is 6.30. The molecule has 2 N–H and O–H groups in total. The predicted molar refractivity (Wildman–Crippen MR) is 75.5 cm³/mol. The molecule has 0 unspecified atom stereocenters. The van der Waals surface area contributed by atoms with E-state index in [0.29, 0.717) is 24.1 Å². The molecular formula is C14H17ClN2O2. The third kappa shape index (κ3) is 3.28. The maximum Gasteiger partial charge on any atom is 0.258 e. The molecule has 0 saturated heterocycles. The molecule has 1 aromatic heterocycles. The average molecular weight is 281 g/mol. The van der Waals surface area contributed by atoms with E-state index in [2.05, 4.69) is 12.1 Å². The van der Waals surface area contributed by atoms with Crippen LogP contribution in [-0.2, 0) is 6.42 Å². The second kappa shape index (κ2) is 6.59. The number of ether oxygens (including phenoxy) is 1. The van der Waals surface area contributed by atoms with E-state index in [1.165, 1.54) is 0 Å². The van der Waals surface area contributed by atoms with Crippen molar-refractivity contribution in [1.29, 1.82) is 0 Å². The number of aromatic nitrogens is 1. The molecule has 0 aliphatic heterocycles. The van der Waals surface area contributed by atoms with Crippen molar-refractivity contribution in [1.82, 2.24) is 5.16 Å². The monoisotopic (exact) mass is 280 g/mol. The number of nitrogens with zero attached hydrogens (tertiary/aromatic N) is 1. The van der Waals surface area contributed by atoms with Gasteiger partial charge in [-0.25, -0.2) is 0 Å². The molecule has 0 fully saturated rings. The fraction of sp³-hybridized carbons (Fsp3) is 0.357. The number of nitrogens with two attached hydrogens (primary N) is 1. The zero-order chi connectivity index (χ0) is 13.7. The Kier molecular flexibility index (Phi) is 4.82. The highest BCUT2D eigenvalue weighted by atomic mass is 35.5. The van der Waals surface area contributed by atoms with Crippen LogP contribution >= 0.6 is 11.6 Å². The van der Waals surface area contributed by atoms with Crippen LogP contribution in [0.3, 0.4) is 0 Å². The summed E-state index contributed by atoms with van der Waals surface area (Å²) in [6.45, 7) is 2.99. The van der Waals surface area contributed by atoms with Gasteiger partial charge in [0.05, 0.1) is 5.56 Å². The second-order valence-electron chi connectivity index (χ2n) is 4.19. The Hall–Kier alpha value is -1.52. The van der Waals surface area contributed by atoms with Crippen molar-refractivity contribution in [3.05, 3.63) is 34.9 Å². The van der Waals surface area contributed by atoms with E-state index >= 15 is 0 Å². The summed E-state index contributed by atoms with van der Waals surface area (Å²) >= 11 is 5.89. The standard InChI is InChI=1S/C14H17ClN2O2/c1-2-3-12-13(10-4-6-11(15)7-5-10)19-17-14(12)18-9-8-16/h4-7H,2-3,8-9,16H2,1H3. The van der Waals surface area contributed by atoms with Crippen LogP contribution in [0.25, 0.3) is 11.3 Å². The number of hydrogen-bond donors (Lipinski definition) is 1. The lowest BCUT2D eigenvalue weighted by Gasteiger charge is -2.04. The summed E-state index contributed by atoms with van der Waals surface area (Å²) in [5.74, 6) is 1.28. The Morgan fingerprint density at radius 1 is 1.32 bits per heavy atom. The van der Waals surface area contributed by atoms with Crippen molar-refractivity contribution in [2.75, 3.05) is 13.2 Å². The van der Waals surface area contributed by atoms with Gasteiger partial charge in [0.15, 0.2) is 5.76 Å². The number of rotatable bonds is 6. The Bertz CT molecular complexity index is 523. The third-order valence-corrected chi connectivity index (χ3v) is 2.97. The first-order valence-electron chi connectivity index (χ1n) is 6.33. The van der Waals surface area contributed by atoms with Crippen molar-refractivity contribution in [2.24, 2.45) is 5.73 Å². The molecule has 0 bridgehead atoms. The zero-order valence-corrected chi connectivity index (χ0v) is 11.6. The predicted octanol–water partition coefficient (Wildman–Crippen LogP) is 3.29. The Morgan fingerprint density at radius 2 is 2.05 bits per heavy atom. The van der Waals surface area contributed by atoms with Crippen molar-refractivity contribution in [3.8, 4) is 17.2 Å². The maximum atomic E-state index is 5.89. The molecular weight excluding hydrogens is 264 g/mol. The molecule has 0 aliphatic rings. The molecule has 2 aromatic rings. The van der Waals surface area contributed by atoms with E-state index in [0.717, 1.165) is 29.7 Å². The van der Waals surface area contributed by atoms with E-state index in [9.17, 15) is 0 Å². The maximum absolute atomic E-state index is 5.89. The van der Waals surface area contributed by atoms with E-state index in [4.69, 9.17) is 26.6 Å². The summed E-state index contributed by atoms with van der Waals surface area (Å²) < 4.78 is 10.9. The van der Waals surface area contributed by atoms with Crippen molar-refractivity contribution >= 4 is 11.6 Å². The molecule has 0 amide bonds.